The highest BCUT2D eigenvalue weighted by Crippen LogP contribution is 2.22. The van der Waals surface area contributed by atoms with E-state index in [0.29, 0.717) is 18.8 Å². The standard InChI is InChI=1S/C14H17N3O/c1-2-18-14-7-12(15)6-13(8-14)17-10-11-4-3-5-16-9-11/h3-9,17H,2,10,15H2,1H3. The first-order valence-electron chi connectivity index (χ1n) is 5.94. The Bertz CT molecular complexity index is 500. The normalized spacial score (nSPS) is 10.1. The highest BCUT2D eigenvalue weighted by molar-refractivity contribution is 5.59. The molecule has 18 heavy (non-hydrogen) atoms. The third-order valence-electron chi connectivity index (χ3n) is 2.46. The molecule has 0 bridgehead atoms. The topological polar surface area (TPSA) is 60.2 Å². The highest BCUT2D eigenvalue weighted by atomic mass is 16.5. The number of hydrogen-bond acceptors (Lipinski definition) is 4. The predicted molar refractivity (Wildman–Crippen MR) is 73.6 cm³/mol. The number of nitrogens with zero attached hydrogens (tertiary/aromatic N) is 1. The molecule has 0 saturated carbocycles. The maximum absolute atomic E-state index is 5.83. The maximum atomic E-state index is 5.83. The molecule has 4 heteroatoms. The van der Waals surface area contributed by atoms with Crippen LogP contribution in [0.3, 0.4) is 0 Å². The molecule has 0 spiro atoms. The number of anilines is 2. The van der Waals surface area contributed by atoms with Crippen molar-refractivity contribution < 1.29 is 4.74 Å². The zero-order valence-corrected chi connectivity index (χ0v) is 10.4. The minimum Gasteiger partial charge on any atom is -0.494 e. The van der Waals surface area contributed by atoms with Gasteiger partial charge in [0.1, 0.15) is 5.75 Å². The van der Waals surface area contributed by atoms with Gasteiger partial charge in [0.05, 0.1) is 6.61 Å². The second kappa shape index (κ2) is 5.91. The SMILES string of the molecule is CCOc1cc(N)cc(NCc2cccnc2)c1. The summed E-state index contributed by atoms with van der Waals surface area (Å²) in [6.07, 6.45) is 3.60. The minimum absolute atomic E-state index is 0.630. The number of rotatable bonds is 5. The summed E-state index contributed by atoms with van der Waals surface area (Å²) in [5, 5.41) is 3.30. The van der Waals surface area contributed by atoms with E-state index in [1.54, 1.807) is 6.20 Å². The summed E-state index contributed by atoms with van der Waals surface area (Å²) in [4.78, 5) is 4.07. The van der Waals surface area contributed by atoms with E-state index in [9.17, 15) is 0 Å². The van der Waals surface area contributed by atoms with Crippen molar-refractivity contribution in [3.63, 3.8) is 0 Å². The van der Waals surface area contributed by atoms with E-state index in [1.165, 1.54) is 0 Å². The van der Waals surface area contributed by atoms with Gasteiger partial charge >= 0.3 is 0 Å². The lowest BCUT2D eigenvalue weighted by Crippen LogP contribution is -2.01. The average molecular weight is 243 g/mol. The minimum atomic E-state index is 0.630. The number of nitrogens with two attached hydrogens (primary N) is 1. The smallest absolute Gasteiger partial charge is 0.123 e. The average Bonchev–Trinajstić information content (AvgIpc) is 2.37. The van der Waals surface area contributed by atoms with Crippen molar-refractivity contribution >= 4 is 11.4 Å². The van der Waals surface area contributed by atoms with Crippen LogP contribution in [0, 0.1) is 0 Å². The van der Waals surface area contributed by atoms with Gasteiger partial charge in [-0.25, -0.2) is 0 Å². The first kappa shape index (κ1) is 12.2. The fourth-order valence-corrected chi connectivity index (χ4v) is 1.68. The molecule has 0 aliphatic carbocycles. The molecule has 0 unspecified atom stereocenters. The number of benzene rings is 1. The quantitative estimate of drug-likeness (QED) is 0.793. The molecule has 0 radical (unpaired) electrons. The van der Waals surface area contributed by atoms with Gasteiger partial charge in [-0.3, -0.25) is 4.98 Å². The summed E-state index contributed by atoms with van der Waals surface area (Å²) in [7, 11) is 0. The van der Waals surface area contributed by atoms with Crippen molar-refractivity contribution in [1.29, 1.82) is 0 Å². The van der Waals surface area contributed by atoms with Gasteiger partial charge in [-0.15, -0.1) is 0 Å². The van der Waals surface area contributed by atoms with Gasteiger partial charge in [0.25, 0.3) is 0 Å². The van der Waals surface area contributed by atoms with Crippen LogP contribution < -0.4 is 15.8 Å². The molecule has 0 fully saturated rings. The van der Waals surface area contributed by atoms with Crippen molar-refractivity contribution in [3.8, 4) is 5.75 Å². The fourth-order valence-electron chi connectivity index (χ4n) is 1.68. The van der Waals surface area contributed by atoms with Crippen LogP contribution in [0.5, 0.6) is 5.75 Å². The first-order chi connectivity index (χ1) is 8.78. The van der Waals surface area contributed by atoms with E-state index in [1.807, 2.05) is 43.5 Å². The number of nitrogens with one attached hydrogen (secondary N) is 1. The lowest BCUT2D eigenvalue weighted by Gasteiger charge is -2.10. The Labute approximate surface area is 107 Å². The number of nitrogen functional groups attached to an aromatic ring is 1. The molecule has 0 saturated heterocycles. The molecule has 0 aliphatic rings. The third kappa shape index (κ3) is 3.38. The lowest BCUT2D eigenvalue weighted by atomic mass is 10.2. The van der Waals surface area contributed by atoms with Crippen molar-refractivity contribution in [2.45, 2.75) is 13.5 Å². The van der Waals surface area contributed by atoms with E-state index in [2.05, 4.69) is 10.3 Å². The molecule has 1 aromatic heterocycles. The van der Waals surface area contributed by atoms with Gasteiger partial charge in [-0.2, -0.15) is 0 Å². The molecule has 1 aromatic carbocycles. The summed E-state index contributed by atoms with van der Waals surface area (Å²) in [5.41, 5.74) is 8.59. The van der Waals surface area contributed by atoms with Gasteiger partial charge in [-0.05, 0) is 24.6 Å². The van der Waals surface area contributed by atoms with Gasteiger partial charge in [-0.1, -0.05) is 6.07 Å². The van der Waals surface area contributed by atoms with Crippen LogP contribution in [-0.4, -0.2) is 11.6 Å². The summed E-state index contributed by atoms with van der Waals surface area (Å²) in [6.45, 7) is 3.29. The van der Waals surface area contributed by atoms with E-state index in [4.69, 9.17) is 10.5 Å². The van der Waals surface area contributed by atoms with E-state index in [0.717, 1.165) is 17.0 Å². The van der Waals surface area contributed by atoms with Crippen LogP contribution in [-0.2, 0) is 6.54 Å². The predicted octanol–water partition coefficient (Wildman–Crippen LogP) is 2.67. The summed E-state index contributed by atoms with van der Waals surface area (Å²) >= 11 is 0. The fraction of sp³-hybridized carbons (Fsp3) is 0.214. The second-order valence-electron chi connectivity index (χ2n) is 3.94. The third-order valence-corrected chi connectivity index (χ3v) is 2.46. The Morgan fingerprint density at radius 3 is 2.94 bits per heavy atom. The molecule has 2 aromatic rings. The van der Waals surface area contributed by atoms with Crippen molar-refractivity contribution in [2.75, 3.05) is 17.7 Å². The second-order valence-corrected chi connectivity index (χ2v) is 3.94. The Morgan fingerprint density at radius 2 is 2.22 bits per heavy atom. The summed E-state index contributed by atoms with van der Waals surface area (Å²) in [5.74, 6) is 0.784. The lowest BCUT2D eigenvalue weighted by molar-refractivity contribution is 0.340. The van der Waals surface area contributed by atoms with Gasteiger partial charge in [0.2, 0.25) is 0 Å². The van der Waals surface area contributed by atoms with Crippen molar-refractivity contribution in [2.24, 2.45) is 0 Å². The van der Waals surface area contributed by atoms with Crippen LogP contribution >= 0.6 is 0 Å². The van der Waals surface area contributed by atoms with Crippen molar-refractivity contribution in [1.82, 2.24) is 4.98 Å². The van der Waals surface area contributed by atoms with Crippen LogP contribution in [0.15, 0.2) is 42.7 Å². The van der Waals surface area contributed by atoms with E-state index in [-0.39, 0.29) is 0 Å². The van der Waals surface area contributed by atoms with Crippen LogP contribution in [0.2, 0.25) is 0 Å². The van der Waals surface area contributed by atoms with Crippen LogP contribution in [0.1, 0.15) is 12.5 Å². The molecule has 0 amide bonds. The van der Waals surface area contributed by atoms with Crippen LogP contribution in [0.25, 0.3) is 0 Å². The zero-order valence-electron chi connectivity index (χ0n) is 10.4. The monoisotopic (exact) mass is 243 g/mol. The summed E-state index contributed by atoms with van der Waals surface area (Å²) in [6, 6.07) is 9.59. The van der Waals surface area contributed by atoms with Gasteiger partial charge in [0.15, 0.2) is 0 Å². The highest BCUT2D eigenvalue weighted by Gasteiger charge is 2.00. The molecular formula is C14H17N3O. The first-order valence-corrected chi connectivity index (χ1v) is 5.94. The van der Waals surface area contributed by atoms with Gasteiger partial charge in [0, 0.05) is 42.4 Å². The Balaban J connectivity index is 2.05. The molecule has 94 valence electrons. The number of aromatic nitrogens is 1. The Morgan fingerprint density at radius 1 is 1.33 bits per heavy atom. The van der Waals surface area contributed by atoms with Crippen LogP contribution in [0.4, 0.5) is 11.4 Å². The molecule has 2 rings (SSSR count). The summed E-state index contributed by atoms with van der Waals surface area (Å²) < 4.78 is 5.45. The molecular weight excluding hydrogens is 226 g/mol. The number of pyridine rings is 1. The maximum Gasteiger partial charge on any atom is 0.123 e. The van der Waals surface area contributed by atoms with E-state index >= 15 is 0 Å². The number of hydrogen-bond donors (Lipinski definition) is 2. The zero-order chi connectivity index (χ0) is 12.8. The van der Waals surface area contributed by atoms with Gasteiger partial charge < -0.3 is 15.8 Å². The Kier molecular flexibility index (Phi) is 4.02. The molecule has 4 nitrogen and oxygen atoms in total. The number of ether oxygens (including phenoxy) is 1. The largest absolute Gasteiger partial charge is 0.494 e. The molecule has 3 N–H and O–H groups in total. The Hall–Kier alpha value is -2.23. The van der Waals surface area contributed by atoms with E-state index < -0.39 is 0 Å². The molecule has 0 atom stereocenters. The van der Waals surface area contributed by atoms with Crippen molar-refractivity contribution in [3.05, 3.63) is 48.3 Å². The molecule has 0 aliphatic heterocycles. The molecule has 1 heterocycles.